The third kappa shape index (κ3) is 3.74. The van der Waals surface area contributed by atoms with Gasteiger partial charge in [0.15, 0.2) is 0 Å². The summed E-state index contributed by atoms with van der Waals surface area (Å²) in [7, 11) is 0. The molecule has 0 unspecified atom stereocenters. The zero-order chi connectivity index (χ0) is 21.7. The summed E-state index contributed by atoms with van der Waals surface area (Å²) in [5.41, 5.74) is 9.30. The molecule has 0 atom stereocenters. The number of carbonyl (C=O) groups is 1. The summed E-state index contributed by atoms with van der Waals surface area (Å²) in [6.45, 7) is 5.53. The van der Waals surface area contributed by atoms with E-state index >= 15 is 0 Å². The monoisotopic (exact) mass is 433 g/mol. The van der Waals surface area contributed by atoms with Crippen molar-refractivity contribution in [1.29, 1.82) is 0 Å². The van der Waals surface area contributed by atoms with Gasteiger partial charge in [-0.3, -0.25) is 14.8 Å². The molecule has 0 radical (unpaired) electrons. The van der Waals surface area contributed by atoms with Crippen LogP contribution in [0, 0.1) is 19.7 Å². The number of aromatic nitrogens is 1. The van der Waals surface area contributed by atoms with E-state index in [9.17, 15) is 9.18 Å². The smallest absolute Gasteiger partial charge is 0.227 e. The van der Waals surface area contributed by atoms with Crippen molar-refractivity contribution in [2.75, 3.05) is 0 Å². The molecule has 156 valence electrons. The van der Waals surface area contributed by atoms with E-state index in [0.717, 1.165) is 50.5 Å². The number of hydrogen-bond acceptors (Lipinski definition) is 3. The minimum absolute atomic E-state index is 0.0624. The van der Waals surface area contributed by atoms with E-state index in [4.69, 9.17) is 16.6 Å². The first-order valence-electron chi connectivity index (χ1n) is 10.2. The van der Waals surface area contributed by atoms with Gasteiger partial charge in [-0.2, -0.15) is 0 Å². The van der Waals surface area contributed by atoms with E-state index in [-0.39, 0.29) is 10.9 Å². The molecule has 1 aromatic heterocycles. The number of carbonyl (C=O) groups excluding carboxylic acids is 1. The number of aryl methyl sites for hydroxylation is 2. The van der Waals surface area contributed by atoms with Crippen LogP contribution in [0.3, 0.4) is 0 Å². The Morgan fingerprint density at radius 3 is 2.55 bits per heavy atom. The van der Waals surface area contributed by atoms with Gasteiger partial charge in [0.25, 0.3) is 0 Å². The lowest BCUT2D eigenvalue weighted by Gasteiger charge is -2.29. The maximum absolute atomic E-state index is 13.5. The highest BCUT2D eigenvalue weighted by Gasteiger charge is 2.27. The molecule has 4 nitrogen and oxygen atoms in total. The Hall–Kier alpha value is -3.05. The van der Waals surface area contributed by atoms with Gasteiger partial charge in [-0.1, -0.05) is 23.7 Å². The number of benzene rings is 2. The van der Waals surface area contributed by atoms with Crippen molar-refractivity contribution in [1.82, 2.24) is 9.88 Å². The van der Waals surface area contributed by atoms with Crippen molar-refractivity contribution < 1.29 is 9.18 Å². The Labute approximate surface area is 185 Å². The Balaban J connectivity index is 1.45. The van der Waals surface area contributed by atoms with Gasteiger partial charge in [-0.25, -0.2) is 4.39 Å². The molecule has 0 saturated carbocycles. The predicted molar refractivity (Wildman–Crippen MR) is 119 cm³/mol. The van der Waals surface area contributed by atoms with Crippen molar-refractivity contribution in [2.45, 2.75) is 39.9 Å². The molecule has 0 saturated heterocycles. The lowest BCUT2D eigenvalue weighted by Crippen LogP contribution is -2.35. The van der Waals surface area contributed by atoms with Gasteiger partial charge in [0, 0.05) is 35.6 Å². The number of halogens is 2. The molecule has 3 aromatic rings. The molecule has 2 aliphatic rings. The van der Waals surface area contributed by atoms with Crippen LogP contribution in [0.5, 0.6) is 0 Å². The van der Waals surface area contributed by atoms with Gasteiger partial charge < -0.3 is 4.90 Å². The lowest BCUT2D eigenvalue weighted by atomic mass is 9.91. The highest BCUT2D eigenvalue weighted by molar-refractivity contribution is 6.30. The number of aliphatic imine (C=N–C) groups is 1. The first kappa shape index (κ1) is 19.9. The second-order valence-electron chi connectivity index (χ2n) is 8.26. The van der Waals surface area contributed by atoms with Gasteiger partial charge in [0.1, 0.15) is 5.82 Å². The zero-order valence-electron chi connectivity index (χ0n) is 17.4. The molecule has 0 bridgehead atoms. The van der Waals surface area contributed by atoms with Gasteiger partial charge in [0.2, 0.25) is 5.91 Å². The van der Waals surface area contributed by atoms with E-state index < -0.39 is 5.82 Å². The molecule has 6 heteroatoms. The molecular formula is C25H21ClFN3O. The molecule has 0 spiro atoms. The number of amides is 1. The first-order valence-corrected chi connectivity index (χ1v) is 10.6. The molecule has 0 aliphatic carbocycles. The fraction of sp³-hybridized carbons (Fsp3) is 0.240. The van der Waals surface area contributed by atoms with Crippen molar-refractivity contribution in [3.8, 4) is 0 Å². The summed E-state index contributed by atoms with van der Waals surface area (Å²) in [5.74, 6) is -0.392. The van der Waals surface area contributed by atoms with Crippen LogP contribution in [0.15, 0.2) is 47.5 Å². The van der Waals surface area contributed by atoms with Crippen molar-refractivity contribution >= 4 is 23.2 Å². The van der Waals surface area contributed by atoms with E-state index in [0.29, 0.717) is 26.1 Å². The quantitative estimate of drug-likeness (QED) is 0.588. The average molecular weight is 434 g/mol. The molecule has 31 heavy (non-hydrogen) atoms. The van der Waals surface area contributed by atoms with Crippen LogP contribution >= 0.6 is 11.6 Å². The van der Waals surface area contributed by atoms with Gasteiger partial charge in [0.05, 0.1) is 23.7 Å². The van der Waals surface area contributed by atoms with Crippen molar-refractivity contribution in [2.24, 2.45) is 4.99 Å². The summed E-state index contributed by atoms with van der Waals surface area (Å²) >= 11 is 5.91. The summed E-state index contributed by atoms with van der Waals surface area (Å²) in [5, 5.41) is 0.0731. The number of rotatable bonds is 3. The van der Waals surface area contributed by atoms with E-state index in [2.05, 4.69) is 29.2 Å². The van der Waals surface area contributed by atoms with Crippen LogP contribution in [0.4, 0.5) is 4.39 Å². The van der Waals surface area contributed by atoms with Crippen LogP contribution in [0.2, 0.25) is 5.02 Å². The summed E-state index contributed by atoms with van der Waals surface area (Å²) in [6.07, 6.45) is 0.361. The fourth-order valence-electron chi connectivity index (χ4n) is 4.44. The van der Waals surface area contributed by atoms with E-state index in [1.807, 2.05) is 13.8 Å². The van der Waals surface area contributed by atoms with Crippen LogP contribution in [0.25, 0.3) is 0 Å². The third-order valence-electron chi connectivity index (χ3n) is 5.86. The second-order valence-corrected chi connectivity index (χ2v) is 8.66. The van der Waals surface area contributed by atoms with Crippen molar-refractivity contribution in [3.05, 3.63) is 98.1 Å². The highest BCUT2D eigenvalue weighted by atomic mass is 35.5. The SMILES string of the molecule is Cc1cc(C2=NCc3cc4c(cc32)CN(Cc2ccc(F)c(Cl)c2)C(=O)C4)cc(C)n1. The number of nitrogens with zero attached hydrogens (tertiary/aromatic N) is 3. The highest BCUT2D eigenvalue weighted by Crippen LogP contribution is 2.31. The second kappa shape index (κ2) is 7.57. The Morgan fingerprint density at radius 1 is 1.03 bits per heavy atom. The molecule has 1 amide bonds. The maximum atomic E-state index is 13.5. The van der Waals surface area contributed by atoms with Crippen LogP contribution in [-0.4, -0.2) is 21.5 Å². The molecular weight excluding hydrogens is 413 g/mol. The minimum Gasteiger partial charge on any atom is -0.334 e. The molecule has 2 aliphatic heterocycles. The Morgan fingerprint density at radius 2 is 1.81 bits per heavy atom. The van der Waals surface area contributed by atoms with Crippen molar-refractivity contribution in [3.63, 3.8) is 0 Å². The molecule has 0 fully saturated rings. The van der Waals surface area contributed by atoms with Gasteiger partial charge in [-0.05, 0) is 66.4 Å². The summed E-state index contributed by atoms with van der Waals surface area (Å²) in [4.78, 5) is 23.8. The third-order valence-corrected chi connectivity index (χ3v) is 6.15. The predicted octanol–water partition coefficient (Wildman–Crippen LogP) is 4.93. The standard InChI is InChI=1S/C25H21ClFN3O/c1-14-5-18(6-15(2)29-14)25-21-9-20-13-30(12-16-3-4-23(27)22(26)7-16)24(31)10-17(20)8-19(21)11-28-25/h3-9H,10-13H2,1-2H3. The number of fused-ring (bicyclic) bond motifs is 2. The molecule has 2 aromatic carbocycles. The van der Waals surface area contributed by atoms with Gasteiger partial charge in [-0.15, -0.1) is 0 Å². The van der Waals surface area contributed by atoms with E-state index in [1.165, 1.54) is 6.07 Å². The molecule has 0 N–H and O–H groups in total. The van der Waals surface area contributed by atoms with Gasteiger partial charge >= 0.3 is 0 Å². The Bertz CT molecular complexity index is 1250. The Kier molecular flexibility index (Phi) is 4.86. The first-order chi connectivity index (χ1) is 14.9. The maximum Gasteiger partial charge on any atom is 0.227 e. The van der Waals surface area contributed by atoms with E-state index in [1.54, 1.807) is 17.0 Å². The number of hydrogen-bond donors (Lipinski definition) is 0. The minimum atomic E-state index is -0.454. The number of pyridine rings is 1. The topological polar surface area (TPSA) is 45.6 Å². The molecule has 5 rings (SSSR count). The zero-order valence-corrected chi connectivity index (χ0v) is 18.1. The van der Waals surface area contributed by atoms with Crippen LogP contribution in [-0.2, 0) is 30.8 Å². The lowest BCUT2D eigenvalue weighted by molar-refractivity contribution is -0.132. The normalized spacial score (nSPS) is 15.0. The average Bonchev–Trinajstić information content (AvgIpc) is 3.12. The largest absolute Gasteiger partial charge is 0.334 e. The fourth-order valence-corrected chi connectivity index (χ4v) is 4.64. The summed E-state index contributed by atoms with van der Waals surface area (Å²) < 4.78 is 13.5. The van der Waals surface area contributed by atoms with Crippen LogP contribution < -0.4 is 0 Å². The summed E-state index contributed by atoms with van der Waals surface area (Å²) in [6, 6.07) is 13.0. The van der Waals surface area contributed by atoms with Crippen LogP contribution in [0.1, 0.15) is 44.8 Å². The molecule has 3 heterocycles.